The van der Waals surface area contributed by atoms with E-state index in [2.05, 4.69) is 44.3 Å². The zero-order valence-corrected chi connectivity index (χ0v) is 9.96. The van der Waals surface area contributed by atoms with Crippen LogP contribution in [0.1, 0.15) is 25.0 Å². The Kier molecular flexibility index (Phi) is 7.00. The summed E-state index contributed by atoms with van der Waals surface area (Å²) in [6.07, 6.45) is 5.58. The van der Waals surface area contributed by atoms with E-state index in [1.165, 1.54) is 11.1 Å². The lowest BCUT2D eigenvalue weighted by Gasteiger charge is -1.98. The smallest absolute Gasteiger partial charge is 0.0231 e. The monoisotopic (exact) mass is 200 g/mol. The SMILES string of the molecule is C=C(C)c1cccc(C)c1.C=C/C=C\C. The number of benzene rings is 1. The van der Waals surface area contributed by atoms with E-state index < -0.39 is 0 Å². The molecule has 0 saturated heterocycles. The first-order valence-corrected chi connectivity index (χ1v) is 5.08. The van der Waals surface area contributed by atoms with Crippen molar-refractivity contribution in [2.24, 2.45) is 0 Å². The molecule has 0 fully saturated rings. The van der Waals surface area contributed by atoms with E-state index in [9.17, 15) is 0 Å². The Morgan fingerprint density at radius 3 is 2.27 bits per heavy atom. The zero-order chi connectivity index (χ0) is 11.7. The summed E-state index contributed by atoms with van der Waals surface area (Å²) in [6.45, 7) is 13.4. The highest BCUT2D eigenvalue weighted by Gasteiger charge is 1.90. The Hall–Kier alpha value is -1.56. The number of hydrogen-bond acceptors (Lipinski definition) is 0. The number of aryl methyl sites for hydroxylation is 1. The van der Waals surface area contributed by atoms with Crippen LogP contribution in [0, 0.1) is 6.92 Å². The van der Waals surface area contributed by atoms with E-state index in [0.29, 0.717) is 0 Å². The van der Waals surface area contributed by atoms with Crippen LogP contribution in [0.15, 0.2) is 55.7 Å². The summed E-state index contributed by atoms with van der Waals surface area (Å²) in [4.78, 5) is 0. The first-order chi connectivity index (χ1) is 7.11. The number of rotatable bonds is 2. The molecule has 0 N–H and O–H groups in total. The third kappa shape index (κ3) is 6.50. The topological polar surface area (TPSA) is 0 Å². The summed E-state index contributed by atoms with van der Waals surface area (Å²) in [5.41, 5.74) is 3.66. The van der Waals surface area contributed by atoms with Crippen LogP contribution in [-0.2, 0) is 0 Å². The lowest BCUT2D eigenvalue weighted by molar-refractivity contribution is 1.44. The molecule has 0 radical (unpaired) electrons. The van der Waals surface area contributed by atoms with Gasteiger partial charge in [-0.1, -0.05) is 66.8 Å². The molecule has 0 spiro atoms. The average Bonchev–Trinajstić information content (AvgIpc) is 2.20. The lowest BCUT2D eigenvalue weighted by Crippen LogP contribution is -1.77. The molecule has 0 atom stereocenters. The quantitative estimate of drug-likeness (QED) is 0.603. The van der Waals surface area contributed by atoms with Gasteiger partial charge in [-0.05, 0) is 26.3 Å². The summed E-state index contributed by atoms with van der Waals surface area (Å²) in [7, 11) is 0. The first-order valence-electron chi connectivity index (χ1n) is 5.08. The molecule has 15 heavy (non-hydrogen) atoms. The third-order valence-corrected chi connectivity index (χ3v) is 1.84. The number of allylic oxidation sites excluding steroid dienone is 4. The van der Waals surface area contributed by atoms with Crippen molar-refractivity contribution < 1.29 is 0 Å². The van der Waals surface area contributed by atoms with Gasteiger partial charge in [0.2, 0.25) is 0 Å². The summed E-state index contributed by atoms with van der Waals surface area (Å²) >= 11 is 0. The second kappa shape index (κ2) is 7.81. The summed E-state index contributed by atoms with van der Waals surface area (Å²) < 4.78 is 0. The van der Waals surface area contributed by atoms with Crippen molar-refractivity contribution in [3.05, 3.63) is 66.8 Å². The molecule has 80 valence electrons. The molecule has 0 heterocycles. The molecular weight excluding hydrogens is 180 g/mol. The van der Waals surface area contributed by atoms with Crippen molar-refractivity contribution in [3.8, 4) is 0 Å². The van der Waals surface area contributed by atoms with Gasteiger partial charge in [0.15, 0.2) is 0 Å². The van der Waals surface area contributed by atoms with Crippen LogP contribution < -0.4 is 0 Å². The molecule has 1 aromatic rings. The van der Waals surface area contributed by atoms with Crippen LogP contribution in [0.5, 0.6) is 0 Å². The highest BCUT2D eigenvalue weighted by atomic mass is 14.0. The lowest BCUT2D eigenvalue weighted by atomic mass is 10.1. The summed E-state index contributed by atoms with van der Waals surface area (Å²) in [6, 6.07) is 8.36. The van der Waals surface area contributed by atoms with Gasteiger partial charge in [0.05, 0.1) is 0 Å². The van der Waals surface area contributed by atoms with Gasteiger partial charge >= 0.3 is 0 Å². The minimum absolute atomic E-state index is 1.13. The molecule has 0 aromatic heterocycles. The fourth-order valence-electron chi connectivity index (χ4n) is 1.05. The minimum Gasteiger partial charge on any atom is -0.0991 e. The van der Waals surface area contributed by atoms with Crippen LogP contribution in [0.3, 0.4) is 0 Å². The molecule has 1 rings (SSSR count). The van der Waals surface area contributed by atoms with E-state index in [4.69, 9.17) is 0 Å². The maximum atomic E-state index is 3.87. The molecule has 0 aliphatic rings. The van der Waals surface area contributed by atoms with E-state index in [-0.39, 0.29) is 0 Å². The average molecular weight is 200 g/mol. The fraction of sp³-hybridized carbons (Fsp3) is 0.200. The summed E-state index contributed by atoms with van der Waals surface area (Å²) in [5.74, 6) is 0. The van der Waals surface area contributed by atoms with Gasteiger partial charge in [-0.3, -0.25) is 0 Å². The molecule has 0 aliphatic heterocycles. The van der Waals surface area contributed by atoms with E-state index in [1.807, 2.05) is 26.0 Å². The Morgan fingerprint density at radius 1 is 1.33 bits per heavy atom. The zero-order valence-electron chi connectivity index (χ0n) is 9.96. The molecule has 0 nitrogen and oxygen atoms in total. The number of hydrogen-bond donors (Lipinski definition) is 0. The third-order valence-electron chi connectivity index (χ3n) is 1.84. The van der Waals surface area contributed by atoms with Crippen molar-refractivity contribution in [1.29, 1.82) is 0 Å². The predicted molar refractivity (Wildman–Crippen MR) is 70.9 cm³/mol. The second-order valence-corrected chi connectivity index (χ2v) is 3.41. The molecule has 0 unspecified atom stereocenters. The summed E-state index contributed by atoms with van der Waals surface area (Å²) in [5, 5.41) is 0. The Balaban J connectivity index is 0.000000336. The van der Waals surface area contributed by atoms with Crippen molar-refractivity contribution in [1.82, 2.24) is 0 Å². The van der Waals surface area contributed by atoms with Gasteiger partial charge in [0.25, 0.3) is 0 Å². The molecule has 0 amide bonds. The molecular formula is C15H20. The van der Waals surface area contributed by atoms with E-state index in [1.54, 1.807) is 6.08 Å². The molecule has 0 bridgehead atoms. The maximum Gasteiger partial charge on any atom is -0.0231 e. The predicted octanol–water partition coefficient (Wildman–Crippen LogP) is 4.78. The fourth-order valence-corrected chi connectivity index (χ4v) is 1.05. The van der Waals surface area contributed by atoms with E-state index >= 15 is 0 Å². The van der Waals surface area contributed by atoms with Crippen LogP contribution >= 0.6 is 0 Å². The molecule has 0 heteroatoms. The van der Waals surface area contributed by atoms with Crippen molar-refractivity contribution >= 4 is 5.57 Å². The van der Waals surface area contributed by atoms with Gasteiger partial charge in [-0.25, -0.2) is 0 Å². The van der Waals surface area contributed by atoms with Crippen LogP contribution in [0.4, 0.5) is 0 Å². The van der Waals surface area contributed by atoms with Crippen molar-refractivity contribution in [3.63, 3.8) is 0 Å². The molecule has 1 aromatic carbocycles. The standard InChI is InChI=1S/C10H12.C5H8/c1-8(2)10-6-4-5-9(3)7-10;1-3-5-4-2/h4-7H,1H2,2-3H3;3-5H,1H2,2H3/b;5-4-. The minimum atomic E-state index is 1.13. The van der Waals surface area contributed by atoms with Crippen LogP contribution in [0.25, 0.3) is 5.57 Å². The second-order valence-electron chi connectivity index (χ2n) is 3.41. The maximum absolute atomic E-state index is 3.87. The first kappa shape index (κ1) is 13.4. The largest absolute Gasteiger partial charge is 0.0991 e. The Labute approximate surface area is 93.7 Å². The van der Waals surface area contributed by atoms with Crippen molar-refractivity contribution in [2.45, 2.75) is 20.8 Å². The normalized spacial score (nSPS) is 9.27. The molecule has 0 saturated carbocycles. The Bertz CT molecular complexity index is 343. The van der Waals surface area contributed by atoms with Gasteiger partial charge in [-0.15, -0.1) is 0 Å². The van der Waals surface area contributed by atoms with E-state index in [0.717, 1.165) is 5.57 Å². The van der Waals surface area contributed by atoms with Crippen LogP contribution in [0.2, 0.25) is 0 Å². The Morgan fingerprint density at radius 2 is 2.00 bits per heavy atom. The van der Waals surface area contributed by atoms with Crippen LogP contribution in [-0.4, -0.2) is 0 Å². The highest BCUT2D eigenvalue weighted by Crippen LogP contribution is 2.11. The van der Waals surface area contributed by atoms with Gasteiger partial charge in [-0.2, -0.15) is 0 Å². The molecule has 0 aliphatic carbocycles. The van der Waals surface area contributed by atoms with Crippen molar-refractivity contribution in [2.75, 3.05) is 0 Å². The highest BCUT2D eigenvalue weighted by molar-refractivity contribution is 5.61. The van der Waals surface area contributed by atoms with Gasteiger partial charge in [0, 0.05) is 0 Å². The van der Waals surface area contributed by atoms with Gasteiger partial charge < -0.3 is 0 Å². The van der Waals surface area contributed by atoms with Gasteiger partial charge in [0.1, 0.15) is 0 Å².